The van der Waals surface area contributed by atoms with Crippen LogP contribution in [-0.2, 0) is 4.79 Å². The molecule has 0 spiro atoms. The normalized spacial score (nSPS) is 14.5. The minimum absolute atomic E-state index is 0.249. The van der Waals surface area contributed by atoms with Gasteiger partial charge in [-0.05, 0) is 30.3 Å². The van der Waals surface area contributed by atoms with Crippen molar-refractivity contribution in [1.82, 2.24) is 0 Å². The molecule has 156 valence electrons. The van der Waals surface area contributed by atoms with Crippen molar-refractivity contribution in [2.45, 2.75) is 0 Å². The van der Waals surface area contributed by atoms with Gasteiger partial charge in [-0.3, -0.25) is 9.69 Å². The summed E-state index contributed by atoms with van der Waals surface area (Å²) in [4.78, 5) is 19.8. The van der Waals surface area contributed by atoms with Gasteiger partial charge in [-0.1, -0.05) is 42.5 Å². The Labute approximate surface area is 181 Å². The second-order valence-electron chi connectivity index (χ2n) is 6.75. The number of amidine groups is 1. The first-order chi connectivity index (χ1) is 15.2. The third-order valence-electron chi connectivity index (χ3n) is 4.95. The fourth-order valence-corrected chi connectivity index (χ4v) is 3.42. The van der Waals surface area contributed by atoms with Crippen LogP contribution >= 0.6 is 0 Å². The maximum absolute atomic E-state index is 13.5. The average Bonchev–Trinajstić information content (AvgIpc) is 3.15. The van der Waals surface area contributed by atoms with E-state index in [0.29, 0.717) is 34.5 Å². The van der Waals surface area contributed by atoms with Crippen LogP contribution in [0.3, 0.4) is 0 Å². The topological polar surface area (TPSA) is 60.4 Å². The molecule has 6 heteroatoms. The first-order valence-corrected chi connectivity index (χ1v) is 9.71. The van der Waals surface area contributed by atoms with E-state index >= 15 is 0 Å². The number of amides is 1. The number of carbonyl (C=O) groups is 1. The van der Waals surface area contributed by atoms with E-state index < -0.39 is 0 Å². The summed E-state index contributed by atoms with van der Waals surface area (Å²) in [6.45, 7) is 0. The number of hydrogen-bond acceptors (Lipinski definition) is 5. The number of aliphatic imine (C=N–C) groups is 1. The van der Waals surface area contributed by atoms with Crippen LogP contribution in [0.5, 0.6) is 17.2 Å². The smallest absolute Gasteiger partial charge is 0.282 e. The number of anilines is 1. The molecule has 0 fully saturated rings. The van der Waals surface area contributed by atoms with Crippen LogP contribution in [0.25, 0.3) is 6.08 Å². The van der Waals surface area contributed by atoms with Gasteiger partial charge < -0.3 is 14.2 Å². The van der Waals surface area contributed by atoms with Crippen LogP contribution in [0.1, 0.15) is 11.1 Å². The molecule has 6 nitrogen and oxygen atoms in total. The van der Waals surface area contributed by atoms with Crippen LogP contribution in [0, 0.1) is 0 Å². The first-order valence-electron chi connectivity index (χ1n) is 9.71. The molecule has 3 aromatic carbocycles. The zero-order valence-corrected chi connectivity index (χ0v) is 17.5. The van der Waals surface area contributed by atoms with Crippen molar-refractivity contribution in [3.05, 3.63) is 89.6 Å². The number of methoxy groups -OCH3 is 3. The lowest BCUT2D eigenvalue weighted by atomic mass is 10.1. The highest BCUT2D eigenvalue weighted by Gasteiger charge is 2.34. The number of nitrogens with zero attached hydrogens (tertiary/aromatic N) is 2. The molecule has 0 N–H and O–H groups in total. The van der Waals surface area contributed by atoms with E-state index in [1.54, 1.807) is 38.4 Å². The largest absolute Gasteiger partial charge is 0.497 e. The number of rotatable bonds is 6. The standard InChI is InChI=1S/C25H22N2O4/c1-29-19-14-13-18(23(16-19)31-3)15-20-25(28)27(21-11-7-8-12-22(21)30-2)24(26-20)17-9-5-4-6-10-17/h4-16H,1-3H3. The molecule has 0 radical (unpaired) electrons. The monoisotopic (exact) mass is 414 g/mol. The molecular weight excluding hydrogens is 392 g/mol. The Morgan fingerprint density at radius 1 is 0.806 bits per heavy atom. The fourth-order valence-electron chi connectivity index (χ4n) is 3.42. The zero-order valence-electron chi connectivity index (χ0n) is 17.5. The van der Waals surface area contributed by atoms with E-state index in [1.165, 1.54) is 0 Å². The molecule has 0 aliphatic carbocycles. The molecule has 4 rings (SSSR count). The number of ether oxygens (including phenoxy) is 3. The second kappa shape index (κ2) is 8.75. The molecule has 0 atom stereocenters. The Bertz CT molecular complexity index is 1170. The van der Waals surface area contributed by atoms with Crippen LogP contribution < -0.4 is 19.1 Å². The fraction of sp³-hybridized carbons (Fsp3) is 0.120. The highest BCUT2D eigenvalue weighted by Crippen LogP contribution is 2.35. The quantitative estimate of drug-likeness (QED) is 0.556. The zero-order chi connectivity index (χ0) is 21.8. The minimum Gasteiger partial charge on any atom is -0.497 e. The van der Waals surface area contributed by atoms with Crippen LogP contribution in [0.4, 0.5) is 5.69 Å². The van der Waals surface area contributed by atoms with Gasteiger partial charge >= 0.3 is 0 Å². The van der Waals surface area contributed by atoms with Crippen molar-refractivity contribution >= 4 is 23.5 Å². The van der Waals surface area contributed by atoms with E-state index in [4.69, 9.17) is 19.2 Å². The van der Waals surface area contributed by atoms with Crippen LogP contribution in [0.2, 0.25) is 0 Å². The molecule has 1 amide bonds. The van der Waals surface area contributed by atoms with Crippen molar-refractivity contribution in [3.8, 4) is 17.2 Å². The summed E-state index contributed by atoms with van der Waals surface area (Å²) in [5.74, 6) is 2.13. The van der Waals surface area contributed by atoms with Crippen LogP contribution in [-0.4, -0.2) is 33.1 Å². The van der Waals surface area contributed by atoms with Gasteiger partial charge in [0.15, 0.2) is 0 Å². The van der Waals surface area contributed by atoms with Gasteiger partial charge in [-0.2, -0.15) is 0 Å². The predicted molar refractivity (Wildman–Crippen MR) is 121 cm³/mol. The van der Waals surface area contributed by atoms with Gasteiger partial charge in [0, 0.05) is 17.2 Å². The summed E-state index contributed by atoms with van der Waals surface area (Å²) >= 11 is 0. The van der Waals surface area contributed by atoms with Gasteiger partial charge in [0.2, 0.25) is 0 Å². The lowest BCUT2D eigenvalue weighted by molar-refractivity contribution is -0.113. The first kappa shape index (κ1) is 20.2. The Morgan fingerprint density at radius 3 is 2.23 bits per heavy atom. The maximum atomic E-state index is 13.5. The van der Waals surface area contributed by atoms with Crippen molar-refractivity contribution in [3.63, 3.8) is 0 Å². The molecule has 31 heavy (non-hydrogen) atoms. The van der Waals surface area contributed by atoms with Gasteiger partial charge in [-0.15, -0.1) is 0 Å². The molecule has 1 aliphatic heterocycles. The van der Waals surface area contributed by atoms with E-state index in [9.17, 15) is 4.79 Å². The Balaban J connectivity index is 1.85. The van der Waals surface area contributed by atoms with Gasteiger partial charge in [0.25, 0.3) is 5.91 Å². The van der Waals surface area contributed by atoms with Crippen molar-refractivity contribution in [1.29, 1.82) is 0 Å². The summed E-state index contributed by atoms with van der Waals surface area (Å²) in [7, 11) is 4.75. The molecule has 1 heterocycles. The number of benzene rings is 3. The van der Waals surface area contributed by atoms with Crippen molar-refractivity contribution in [2.75, 3.05) is 26.2 Å². The lowest BCUT2D eigenvalue weighted by Crippen LogP contribution is -2.33. The van der Waals surface area contributed by atoms with Crippen LogP contribution in [0.15, 0.2) is 83.5 Å². The number of para-hydroxylation sites is 2. The summed E-state index contributed by atoms with van der Waals surface area (Å²) < 4.78 is 16.2. The third-order valence-corrected chi connectivity index (χ3v) is 4.95. The maximum Gasteiger partial charge on any atom is 0.282 e. The highest BCUT2D eigenvalue weighted by atomic mass is 16.5. The van der Waals surface area contributed by atoms with Gasteiger partial charge in [0.1, 0.15) is 28.8 Å². The Morgan fingerprint density at radius 2 is 1.52 bits per heavy atom. The van der Waals surface area contributed by atoms with E-state index in [-0.39, 0.29) is 5.91 Å². The minimum atomic E-state index is -0.249. The molecule has 0 unspecified atom stereocenters. The van der Waals surface area contributed by atoms with Gasteiger partial charge in [0.05, 0.1) is 27.0 Å². The summed E-state index contributed by atoms with van der Waals surface area (Å²) in [5.41, 5.74) is 2.48. The average molecular weight is 414 g/mol. The summed E-state index contributed by atoms with van der Waals surface area (Å²) in [5, 5.41) is 0. The predicted octanol–water partition coefficient (Wildman–Crippen LogP) is 4.55. The van der Waals surface area contributed by atoms with E-state index in [1.807, 2.05) is 66.7 Å². The third kappa shape index (κ3) is 3.88. The SMILES string of the molecule is COc1ccc(C=C2N=C(c3ccccc3)N(c3ccccc3OC)C2=O)c(OC)c1. The molecule has 0 bridgehead atoms. The lowest BCUT2D eigenvalue weighted by Gasteiger charge is -2.20. The Hall–Kier alpha value is -4.06. The van der Waals surface area contributed by atoms with Crippen molar-refractivity contribution < 1.29 is 19.0 Å². The van der Waals surface area contributed by atoms with Crippen molar-refractivity contribution in [2.24, 2.45) is 4.99 Å². The van der Waals surface area contributed by atoms with E-state index in [2.05, 4.69) is 0 Å². The molecule has 1 aliphatic rings. The number of hydrogen-bond donors (Lipinski definition) is 0. The number of carbonyl (C=O) groups excluding carboxylic acids is 1. The molecular formula is C25H22N2O4. The summed E-state index contributed by atoms with van der Waals surface area (Å²) in [6, 6.07) is 22.4. The Kier molecular flexibility index (Phi) is 5.71. The highest BCUT2D eigenvalue weighted by molar-refractivity contribution is 6.33. The summed E-state index contributed by atoms with van der Waals surface area (Å²) in [6.07, 6.45) is 1.72. The second-order valence-corrected chi connectivity index (χ2v) is 6.75. The molecule has 0 saturated heterocycles. The molecule has 0 saturated carbocycles. The molecule has 3 aromatic rings. The molecule has 0 aromatic heterocycles. The van der Waals surface area contributed by atoms with Gasteiger partial charge in [-0.25, -0.2) is 4.99 Å². The van der Waals surface area contributed by atoms with E-state index in [0.717, 1.165) is 11.1 Å².